The largest absolute Gasteiger partial charge is 0.463 e. The molecule has 0 unspecified atom stereocenters. The normalized spacial score (nSPS) is 13.4. The van der Waals surface area contributed by atoms with Gasteiger partial charge in [0, 0.05) is 17.3 Å². The number of ether oxygens (including phenoxy) is 1. The fourth-order valence-corrected chi connectivity index (χ4v) is 4.77. The van der Waals surface area contributed by atoms with Gasteiger partial charge in [-0.15, -0.1) is 11.3 Å². The highest BCUT2D eigenvalue weighted by molar-refractivity contribution is 7.18. The number of hydrogen-bond acceptors (Lipinski definition) is 5. The zero-order valence-corrected chi connectivity index (χ0v) is 18.9. The number of aryl methyl sites for hydroxylation is 2. The van der Waals surface area contributed by atoms with E-state index in [1.165, 1.54) is 23.3 Å². The van der Waals surface area contributed by atoms with Gasteiger partial charge in [0.2, 0.25) is 6.86 Å². The molecular weight excluding hydrogens is 421 g/mol. The van der Waals surface area contributed by atoms with Crippen molar-refractivity contribution < 1.29 is 9.13 Å². The molecule has 1 aliphatic rings. The second kappa shape index (κ2) is 9.25. The predicted molar refractivity (Wildman–Crippen MR) is 129 cm³/mol. The summed E-state index contributed by atoms with van der Waals surface area (Å²) < 4.78 is 17.1. The van der Waals surface area contributed by atoms with Gasteiger partial charge in [0.1, 0.15) is 22.2 Å². The minimum atomic E-state index is -0.806. The molecule has 2 heterocycles. The molecule has 0 aliphatic heterocycles. The fraction of sp³-hybridized carbons (Fsp3) is 0.308. The molecule has 0 saturated heterocycles. The standard InChI is InChI=1S/C26H26FN3OS/c1-17-15-23-25(29-24(21-8-9-21)30-26(23)32-17)28-14-2-3-18-4-6-19(7-5-18)20-10-12-22(13-11-20)31-16-27/h4-7,10-13,15,21H,2-3,8-9,14,16H2,1H3,(H,28,29,30). The zero-order chi connectivity index (χ0) is 21.9. The highest BCUT2D eigenvalue weighted by Gasteiger charge is 2.28. The third-order valence-electron chi connectivity index (χ3n) is 5.77. The highest BCUT2D eigenvalue weighted by atomic mass is 32.1. The Hall–Kier alpha value is -2.99. The Balaban J connectivity index is 1.18. The van der Waals surface area contributed by atoms with Crippen LogP contribution in [0.15, 0.2) is 54.6 Å². The molecular formula is C26H26FN3OS. The summed E-state index contributed by atoms with van der Waals surface area (Å²) in [4.78, 5) is 12.0. The van der Waals surface area contributed by atoms with Crippen molar-refractivity contribution in [1.82, 2.24) is 9.97 Å². The molecule has 5 rings (SSSR count). The van der Waals surface area contributed by atoms with Gasteiger partial charge in [-0.2, -0.15) is 0 Å². The molecule has 2 aromatic carbocycles. The van der Waals surface area contributed by atoms with E-state index in [1.807, 2.05) is 12.1 Å². The van der Waals surface area contributed by atoms with Crippen molar-refractivity contribution in [3.8, 4) is 16.9 Å². The van der Waals surface area contributed by atoms with E-state index in [0.717, 1.165) is 52.4 Å². The van der Waals surface area contributed by atoms with E-state index in [9.17, 15) is 4.39 Å². The van der Waals surface area contributed by atoms with Gasteiger partial charge in [-0.3, -0.25) is 0 Å². The lowest BCUT2D eigenvalue weighted by atomic mass is 10.0. The number of halogens is 1. The van der Waals surface area contributed by atoms with Gasteiger partial charge >= 0.3 is 0 Å². The summed E-state index contributed by atoms with van der Waals surface area (Å²) in [5.41, 5.74) is 3.54. The number of thiophene rings is 1. The number of alkyl halides is 1. The molecule has 1 fully saturated rings. The summed E-state index contributed by atoms with van der Waals surface area (Å²) in [6.07, 6.45) is 4.45. The third-order valence-corrected chi connectivity index (χ3v) is 6.72. The fourth-order valence-electron chi connectivity index (χ4n) is 3.89. The smallest absolute Gasteiger partial charge is 0.228 e. The van der Waals surface area contributed by atoms with Gasteiger partial charge in [-0.1, -0.05) is 36.4 Å². The molecule has 1 N–H and O–H groups in total. The van der Waals surface area contributed by atoms with Crippen LogP contribution in [0.25, 0.3) is 21.3 Å². The Morgan fingerprint density at radius 3 is 2.44 bits per heavy atom. The monoisotopic (exact) mass is 447 g/mol. The molecule has 0 atom stereocenters. The number of rotatable bonds is 9. The van der Waals surface area contributed by atoms with Crippen molar-refractivity contribution >= 4 is 27.4 Å². The number of nitrogens with zero attached hydrogens (tertiary/aromatic N) is 2. The van der Waals surface area contributed by atoms with Gasteiger partial charge in [-0.25, -0.2) is 14.4 Å². The number of aromatic nitrogens is 2. The Kier molecular flexibility index (Phi) is 6.04. The lowest BCUT2D eigenvalue weighted by Gasteiger charge is -2.09. The quantitative estimate of drug-likeness (QED) is 0.284. The van der Waals surface area contributed by atoms with Crippen molar-refractivity contribution in [2.45, 2.75) is 38.5 Å². The summed E-state index contributed by atoms with van der Waals surface area (Å²) in [7, 11) is 0. The van der Waals surface area contributed by atoms with E-state index in [2.05, 4.69) is 42.6 Å². The maximum absolute atomic E-state index is 12.3. The van der Waals surface area contributed by atoms with Gasteiger partial charge in [0.05, 0.1) is 5.39 Å². The average Bonchev–Trinajstić information content (AvgIpc) is 3.59. The lowest BCUT2D eigenvalue weighted by Crippen LogP contribution is -2.07. The molecule has 164 valence electrons. The van der Waals surface area contributed by atoms with Gasteiger partial charge in [-0.05, 0) is 67.5 Å². The molecule has 1 saturated carbocycles. The highest BCUT2D eigenvalue weighted by Crippen LogP contribution is 2.40. The second-order valence-corrected chi connectivity index (χ2v) is 9.52. The Morgan fingerprint density at radius 2 is 1.75 bits per heavy atom. The van der Waals surface area contributed by atoms with Crippen molar-refractivity contribution in [1.29, 1.82) is 0 Å². The number of fused-ring (bicyclic) bond motifs is 1. The van der Waals surface area contributed by atoms with Crippen LogP contribution in [0.5, 0.6) is 5.75 Å². The van der Waals surface area contributed by atoms with Crippen LogP contribution in [-0.4, -0.2) is 23.4 Å². The first kappa shape index (κ1) is 20.9. The summed E-state index contributed by atoms with van der Waals surface area (Å²) in [5, 5.41) is 4.71. The van der Waals surface area contributed by atoms with Crippen LogP contribution >= 0.6 is 11.3 Å². The minimum absolute atomic E-state index is 0.545. The second-order valence-electron chi connectivity index (χ2n) is 8.29. The number of hydrogen-bond donors (Lipinski definition) is 1. The maximum atomic E-state index is 12.3. The zero-order valence-electron chi connectivity index (χ0n) is 18.1. The van der Waals surface area contributed by atoms with Gasteiger partial charge in [0.15, 0.2) is 0 Å². The van der Waals surface area contributed by atoms with Crippen molar-refractivity contribution in [3.63, 3.8) is 0 Å². The number of benzene rings is 2. The van der Waals surface area contributed by atoms with Crippen molar-refractivity contribution in [2.24, 2.45) is 0 Å². The lowest BCUT2D eigenvalue weighted by molar-refractivity contribution is 0.192. The van der Waals surface area contributed by atoms with Crippen LogP contribution in [0.4, 0.5) is 10.2 Å². The molecule has 0 spiro atoms. The molecule has 0 bridgehead atoms. The van der Waals surface area contributed by atoms with Gasteiger partial charge < -0.3 is 10.1 Å². The first-order valence-corrected chi connectivity index (χ1v) is 11.9. The van der Waals surface area contributed by atoms with Crippen LogP contribution in [0.3, 0.4) is 0 Å². The van der Waals surface area contributed by atoms with E-state index >= 15 is 0 Å². The van der Waals surface area contributed by atoms with E-state index in [0.29, 0.717) is 11.7 Å². The Morgan fingerprint density at radius 1 is 1.03 bits per heavy atom. The predicted octanol–water partition coefficient (Wildman–Crippen LogP) is 6.89. The average molecular weight is 448 g/mol. The molecule has 0 radical (unpaired) electrons. The SMILES string of the molecule is Cc1cc2c(NCCCc3ccc(-c4ccc(OCF)cc4)cc3)nc(C3CC3)nc2s1. The molecule has 4 aromatic rings. The summed E-state index contributed by atoms with van der Waals surface area (Å²) >= 11 is 1.75. The maximum Gasteiger partial charge on any atom is 0.228 e. The van der Waals surface area contributed by atoms with E-state index < -0.39 is 6.86 Å². The minimum Gasteiger partial charge on any atom is -0.463 e. The number of anilines is 1. The summed E-state index contributed by atoms with van der Waals surface area (Å²) in [5.74, 6) is 3.08. The van der Waals surface area contributed by atoms with E-state index in [4.69, 9.17) is 14.7 Å². The van der Waals surface area contributed by atoms with Crippen LogP contribution in [0.2, 0.25) is 0 Å². The molecule has 0 amide bonds. The molecule has 4 nitrogen and oxygen atoms in total. The van der Waals surface area contributed by atoms with Crippen LogP contribution < -0.4 is 10.1 Å². The van der Waals surface area contributed by atoms with Gasteiger partial charge in [0.25, 0.3) is 0 Å². The Labute approximate surface area is 191 Å². The topological polar surface area (TPSA) is 47.0 Å². The summed E-state index contributed by atoms with van der Waals surface area (Å²) in [6, 6.07) is 18.3. The first-order chi connectivity index (χ1) is 15.7. The van der Waals surface area contributed by atoms with Crippen LogP contribution in [0, 0.1) is 6.92 Å². The molecule has 6 heteroatoms. The molecule has 32 heavy (non-hydrogen) atoms. The molecule has 2 aromatic heterocycles. The van der Waals surface area contributed by atoms with E-state index in [-0.39, 0.29) is 0 Å². The van der Waals surface area contributed by atoms with Crippen molar-refractivity contribution in [2.75, 3.05) is 18.7 Å². The third kappa shape index (κ3) is 4.75. The van der Waals surface area contributed by atoms with E-state index in [1.54, 1.807) is 23.5 Å². The Bertz CT molecular complexity index is 1200. The van der Waals surface area contributed by atoms with Crippen molar-refractivity contribution in [3.05, 3.63) is 70.9 Å². The van der Waals surface area contributed by atoms with Crippen LogP contribution in [-0.2, 0) is 6.42 Å². The first-order valence-electron chi connectivity index (χ1n) is 11.1. The molecule has 1 aliphatic carbocycles. The number of nitrogens with one attached hydrogen (secondary N) is 1. The summed E-state index contributed by atoms with van der Waals surface area (Å²) in [6.45, 7) is 2.20. The van der Waals surface area contributed by atoms with Crippen LogP contribution in [0.1, 0.15) is 41.4 Å².